The maximum absolute atomic E-state index is 13.0. The standard InChI is InChI=1S/C15H9F2NO3S/c16-15(17,14(19)20)21-10-7-5-9(6-8-10)13-18-11-3-1-2-4-12(11)22-13/h1-8H,(H,19,20). The predicted molar refractivity (Wildman–Crippen MR) is 78.3 cm³/mol. The van der Waals surface area contributed by atoms with Crippen molar-refractivity contribution in [2.24, 2.45) is 0 Å². The van der Waals surface area contributed by atoms with Gasteiger partial charge < -0.3 is 9.84 Å². The SMILES string of the molecule is O=C(O)C(F)(F)Oc1ccc(-c2nc3ccccc3s2)cc1. The molecule has 4 nitrogen and oxygen atoms in total. The molecule has 0 fully saturated rings. The van der Waals surface area contributed by atoms with Crippen LogP contribution in [0.2, 0.25) is 0 Å². The van der Waals surface area contributed by atoms with Crippen LogP contribution in [-0.4, -0.2) is 22.2 Å². The van der Waals surface area contributed by atoms with Gasteiger partial charge in [0.1, 0.15) is 10.8 Å². The fourth-order valence-electron chi connectivity index (χ4n) is 1.85. The largest absolute Gasteiger partial charge is 0.501 e. The van der Waals surface area contributed by atoms with E-state index in [1.54, 1.807) is 12.1 Å². The first-order valence-corrected chi connectivity index (χ1v) is 7.03. The highest BCUT2D eigenvalue weighted by atomic mass is 32.1. The minimum absolute atomic E-state index is 0.225. The number of halogens is 2. The van der Waals surface area contributed by atoms with Crippen molar-refractivity contribution >= 4 is 27.5 Å². The zero-order chi connectivity index (χ0) is 15.7. The van der Waals surface area contributed by atoms with Crippen molar-refractivity contribution in [2.75, 3.05) is 0 Å². The van der Waals surface area contributed by atoms with E-state index in [9.17, 15) is 13.6 Å². The monoisotopic (exact) mass is 321 g/mol. The summed E-state index contributed by atoms with van der Waals surface area (Å²) < 4.78 is 31.1. The fourth-order valence-corrected chi connectivity index (χ4v) is 2.82. The number of aromatic nitrogens is 1. The van der Waals surface area contributed by atoms with E-state index in [1.807, 2.05) is 24.3 Å². The minimum Gasteiger partial charge on any atom is -0.474 e. The lowest BCUT2D eigenvalue weighted by molar-refractivity contribution is -0.210. The number of carboxylic acid groups (broad SMARTS) is 1. The number of thiazole rings is 1. The molecule has 2 aromatic carbocycles. The average Bonchev–Trinajstić information content (AvgIpc) is 2.91. The Labute approximate surface area is 127 Å². The fraction of sp³-hybridized carbons (Fsp3) is 0.0667. The molecule has 0 aliphatic heterocycles. The first-order valence-electron chi connectivity index (χ1n) is 6.22. The van der Waals surface area contributed by atoms with Gasteiger partial charge in [0, 0.05) is 5.56 Å². The molecule has 0 atom stereocenters. The Kier molecular flexibility index (Phi) is 3.50. The molecular formula is C15H9F2NO3S. The highest BCUT2D eigenvalue weighted by Gasteiger charge is 2.42. The summed E-state index contributed by atoms with van der Waals surface area (Å²) in [5.74, 6) is -2.56. The lowest BCUT2D eigenvalue weighted by Crippen LogP contribution is -2.34. The van der Waals surface area contributed by atoms with Crippen molar-refractivity contribution in [3.63, 3.8) is 0 Å². The summed E-state index contributed by atoms with van der Waals surface area (Å²) in [6, 6.07) is 13.3. The lowest BCUT2D eigenvalue weighted by atomic mass is 10.2. The predicted octanol–water partition coefficient (Wildman–Crippen LogP) is 4.02. The first kappa shape index (κ1) is 14.4. The number of nitrogens with zero attached hydrogens (tertiary/aromatic N) is 1. The van der Waals surface area contributed by atoms with E-state index in [0.717, 1.165) is 20.8 Å². The van der Waals surface area contributed by atoms with Gasteiger partial charge in [0.15, 0.2) is 0 Å². The number of fused-ring (bicyclic) bond motifs is 1. The highest BCUT2D eigenvalue weighted by molar-refractivity contribution is 7.21. The van der Waals surface area contributed by atoms with E-state index in [1.165, 1.54) is 23.5 Å². The van der Waals surface area contributed by atoms with Crippen molar-refractivity contribution in [3.05, 3.63) is 48.5 Å². The summed E-state index contributed by atoms with van der Waals surface area (Å²) in [5.41, 5.74) is 1.60. The number of hydrogen-bond donors (Lipinski definition) is 1. The number of benzene rings is 2. The maximum Gasteiger partial charge on any atom is 0.501 e. The molecule has 0 saturated carbocycles. The van der Waals surface area contributed by atoms with Gasteiger partial charge in [-0.1, -0.05) is 12.1 Å². The smallest absolute Gasteiger partial charge is 0.474 e. The summed E-state index contributed by atoms with van der Waals surface area (Å²) in [6.45, 7) is 0. The molecule has 112 valence electrons. The molecule has 1 aromatic heterocycles. The second-order valence-electron chi connectivity index (χ2n) is 4.44. The summed E-state index contributed by atoms with van der Waals surface area (Å²) in [6.07, 6.45) is -4.25. The molecule has 3 rings (SSSR count). The van der Waals surface area contributed by atoms with Crippen LogP contribution < -0.4 is 4.74 Å². The third kappa shape index (κ3) is 2.75. The van der Waals surface area contributed by atoms with Crippen LogP contribution in [-0.2, 0) is 4.79 Å². The summed E-state index contributed by atoms with van der Waals surface area (Å²) >= 11 is 1.48. The Morgan fingerprint density at radius 2 is 1.82 bits per heavy atom. The van der Waals surface area contributed by atoms with E-state index >= 15 is 0 Å². The number of aliphatic carboxylic acids is 1. The molecule has 0 unspecified atom stereocenters. The van der Waals surface area contributed by atoms with Gasteiger partial charge in [0.05, 0.1) is 10.2 Å². The minimum atomic E-state index is -4.25. The topological polar surface area (TPSA) is 59.4 Å². The Bertz CT molecular complexity index is 797. The highest BCUT2D eigenvalue weighted by Crippen LogP contribution is 2.31. The molecule has 0 aliphatic carbocycles. The van der Waals surface area contributed by atoms with Crippen LogP contribution in [0.3, 0.4) is 0 Å². The number of hydrogen-bond acceptors (Lipinski definition) is 4. The van der Waals surface area contributed by atoms with E-state index in [2.05, 4.69) is 9.72 Å². The van der Waals surface area contributed by atoms with E-state index in [0.29, 0.717) is 0 Å². The van der Waals surface area contributed by atoms with Crippen molar-refractivity contribution in [2.45, 2.75) is 6.11 Å². The number of carboxylic acids is 1. The van der Waals surface area contributed by atoms with Crippen LogP contribution >= 0.6 is 11.3 Å². The van der Waals surface area contributed by atoms with Crippen LogP contribution in [0, 0.1) is 0 Å². The molecule has 0 saturated heterocycles. The molecule has 0 aliphatic rings. The molecule has 0 radical (unpaired) electrons. The van der Waals surface area contributed by atoms with Gasteiger partial charge in [0.2, 0.25) is 0 Å². The summed E-state index contributed by atoms with van der Waals surface area (Å²) in [7, 11) is 0. The van der Waals surface area contributed by atoms with Crippen molar-refractivity contribution in [1.29, 1.82) is 0 Å². The van der Waals surface area contributed by atoms with Crippen LogP contribution in [0.25, 0.3) is 20.8 Å². The molecule has 1 heterocycles. The van der Waals surface area contributed by atoms with Crippen LogP contribution in [0.1, 0.15) is 0 Å². The Morgan fingerprint density at radius 1 is 1.14 bits per heavy atom. The van der Waals surface area contributed by atoms with Crippen LogP contribution in [0.5, 0.6) is 5.75 Å². The van der Waals surface area contributed by atoms with E-state index in [4.69, 9.17) is 5.11 Å². The van der Waals surface area contributed by atoms with Crippen LogP contribution in [0.15, 0.2) is 48.5 Å². The van der Waals surface area contributed by atoms with Crippen molar-refractivity contribution < 1.29 is 23.4 Å². The lowest BCUT2D eigenvalue weighted by Gasteiger charge is -2.13. The van der Waals surface area contributed by atoms with Gasteiger partial charge in [-0.3, -0.25) is 0 Å². The first-order chi connectivity index (χ1) is 10.5. The normalized spacial score (nSPS) is 11.5. The van der Waals surface area contributed by atoms with Gasteiger partial charge in [-0.05, 0) is 36.4 Å². The van der Waals surface area contributed by atoms with Crippen molar-refractivity contribution in [3.8, 4) is 16.3 Å². The van der Waals surface area contributed by atoms with Gasteiger partial charge >= 0.3 is 12.1 Å². The second-order valence-corrected chi connectivity index (χ2v) is 5.47. The molecule has 1 N–H and O–H groups in total. The van der Waals surface area contributed by atoms with Crippen molar-refractivity contribution in [1.82, 2.24) is 4.98 Å². The van der Waals surface area contributed by atoms with E-state index in [-0.39, 0.29) is 5.75 Å². The van der Waals surface area contributed by atoms with Gasteiger partial charge in [-0.2, -0.15) is 8.78 Å². The van der Waals surface area contributed by atoms with Crippen LogP contribution in [0.4, 0.5) is 8.78 Å². The number of rotatable bonds is 4. The number of alkyl halides is 2. The third-order valence-corrected chi connectivity index (χ3v) is 3.98. The number of ether oxygens (including phenoxy) is 1. The van der Waals surface area contributed by atoms with Gasteiger partial charge in [0.25, 0.3) is 0 Å². The average molecular weight is 321 g/mol. The molecule has 0 bridgehead atoms. The second kappa shape index (κ2) is 5.34. The van der Waals surface area contributed by atoms with Gasteiger partial charge in [-0.15, -0.1) is 11.3 Å². The molecular weight excluding hydrogens is 312 g/mol. The third-order valence-electron chi connectivity index (χ3n) is 2.89. The number of para-hydroxylation sites is 1. The Hall–Kier alpha value is -2.54. The Balaban J connectivity index is 1.86. The quantitative estimate of drug-likeness (QED) is 0.788. The van der Waals surface area contributed by atoms with Gasteiger partial charge in [-0.25, -0.2) is 9.78 Å². The molecule has 0 spiro atoms. The summed E-state index contributed by atoms with van der Waals surface area (Å²) in [5, 5.41) is 9.08. The molecule has 7 heteroatoms. The molecule has 22 heavy (non-hydrogen) atoms. The summed E-state index contributed by atoms with van der Waals surface area (Å²) in [4.78, 5) is 14.8. The zero-order valence-electron chi connectivity index (χ0n) is 11.0. The zero-order valence-corrected chi connectivity index (χ0v) is 11.8. The number of carbonyl (C=O) groups is 1. The molecule has 0 amide bonds. The Morgan fingerprint density at radius 3 is 2.45 bits per heavy atom. The maximum atomic E-state index is 13.0. The van der Waals surface area contributed by atoms with E-state index < -0.39 is 12.1 Å². The molecule has 3 aromatic rings.